The number of rotatable bonds is 3. The van der Waals surface area contributed by atoms with Crippen LogP contribution < -0.4 is 0 Å². The van der Waals surface area contributed by atoms with E-state index < -0.39 is 10.0 Å². The number of furan rings is 1. The Hall–Kier alpha value is -1.64. The Balaban J connectivity index is 1.60. The quantitative estimate of drug-likeness (QED) is 0.923. The van der Waals surface area contributed by atoms with Gasteiger partial charge in [-0.05, 0) is 37.5 Å². The van der Waals surface area contributed by atoms with Crippen LogP contribution in [0.25, 0.3) is 11.5 Å². The molecule has 7 nitrogen and oxygen atoms in total. The van der Waals surface area contributed by atoms with Crippen molar-refractivity contribution in [1.82, 2.24) is 14.5 Å². The van der Waals surface area contributed by atoms with Crippen LogP contribution in [0.15, 0.2) is 33.9 Å². The molecule has 2 fully saturated rings. The molecule has 2 aromatic rings. The van der Waals surface area contributed by atoms with Crippen LogP contribution in [-0.4, -0.2) is 49.2 Å². The van der Waals surface area contributed by atoms with E-state index in [1.165, 1.54) is 6.07 Å². The fourth-order valence-corrected chi connectivity index (χ4v) is 4.97. The van der Waals surface area contributed by atoms with Gasteiger partial charge in [0.1, 0.15) is 5.69 Å². The largest absolute Gasteiger partial charge is 0.442 e. The predicted molar refractivity (Wildman–Crippen MR) is 82.2 cm³/mol. The number of nitrogens with zero attached hydrogens (tertiary/aromatic N) is 2. The number of aromatic nitrogens is 2. The molecule has 0 amide bonds. The number of sulfonamides is 1. The summed E-state index contributed by atoms with van der Waals surface area (Å²) in [7, 11) is -3.62. The van der Waals surface area contributed by atoms with Crippen LogP contribution in [0.2, 0.25) is 0 Å². The number of ether oxygens (including phenoxy) is 1. The Labute approximate surface area is 134 Å². The fourth-order valence-electron chi connectivity index (χ4n) is 3.46. The minimum atomic E-state index is -3.62. The van der Waals surface area contributed by atoms with Crippen molar-refractivity contribution in [3.05, 3.63) is 24.4 Å². The van der Waals surface area contributed by atoms with E-state index in [9.17, 15) is 8.42 Å². The molecule has 0 radical (unpaired) electrons. The maximum absolute atomic E-state index is 12.9. The Morgan fingerprint density at radius 3 is 2.91 bits per heavy atom. The van der Waals surface area contributed by atoms with Crippen LogP contribution in [0.3, 0.4) is 0 Å². The Kier molecular flexibility index (Phi) is 3.55. The highest BCUT2D eigenvalue weighted by atomic mass is 32.2. The van der Waals surface area contributed by atoms with Gasteiger partial charge in [-0.25, -0.2) is 8.42 Å². The Morgan fingerprint density at radius 1 is 1.26 bits per heavy atom. The summed E-state index contributed by atoms with van der Waals surface area (Å²) in [5, 5.41) is 6.60. The first kappa shape index (κ1) is 14.9. The molecule has 23 heavy (non-hydrogen) atoms. The number of piperidine rings is 1. The van der Waals surface area contributed by atoms with Gasteiger partial charge < -0.3 is 9.15 Å². The molecule has 1 atom stereocenters. The summed E-state index contributed by atoms with van der Waals surface area (Å²) in [5.41, 5.74) is 0.634. The first-order valence-electron chi connectivity index (χ1n) is 7.77. The van der Waals surface area contributed by atoms with Gasteiger partial charge in [-0.1, -0.05) is 0 Å². The first-order valence-corrected chi connectivity index (χ1v) is 9.21. The van der Waals surface area contributed by atoms with Crippen molar-refractivity contribution in [2.24, 2.45) is 5.41 Å². The minimum Gasteiger partial charge on any atom is -0.442 e. The lowest BCUT2D eigenvalue weighted by molar-refractivity contribution is 0.104. The summed E-state index contributed by atoms with van der Waals surface area (Å²) in [6.07, 6.45) is 4.41. The zero-order valence-electron chi connectivity index (χ0n) is 12.7. The summed E-state index contributed by atoms with van der Waals surface area (Å²) in [6.45, 7) is 2.41. The topological polar surface area (TPSA) is 88.4 Å². The molecule has 0 bridgehead atoms. The molecule has 2 aliphatic rings. The fraction of sp³-hybridized carbons (Fsp3) is 0.533. The molecular formula is C15H19N3O4S. The van der Waals surface area contributed by atoms with Crippen molar-refractivity contribution >= 4 is 10.0 Å². The molecule has 4 heterocycles. The number of aromatic amines is 1. The normalized spacial score (nSPS) is 26.1. The number of hydrogen-bond acceptors (Lipinski definition) is 5. The predicted octanol–water partition coefficient (Wildman–Crippen LogP) is 1.86. The lowest BCUT2D eigenvalue weighted by Gasteiger charge is -2.38. The van der Waals surface area contributed by atoms with Gasteiger partial charge in [0.25, 0.3) is 10.0 Å². The minimum absolute atomic E-state index is 0.0157. The standard InChI is InChI=1S/C15H19N3O4S/c19-23(20,14-3-2-13(22-14)12-4-7-16-17-12)18-8-1-5-15(10-18)6-9-21-11-15/h2-4,7H,1,5-6,8-11H2,(H,16,17). The van der Waals surface area contributed by atoms with Crippen LogP contribution >= 0.6 is 0 Å². The monoisotopic (exact) mass is 337 g/mol. The zero-order valence-corrected chi connectivity index (χ0v) is 13.5. The third-order valence-corrected chi connectivity index (χ3v) is 6.47. The van der Waals surface area contributed by atoms with Crippen molar-refractivity contribution in [2.45, 2.75) is 24.4 Å². The van der Waals surface area contributed by atoms with E-state index in [1.807, 2.05) is 0 Å². The molecule has 2 saturated heterocycles. The van der Waals surface area contributed by atoms with E-state index in [0.29, 0.717) is 31.2 Å². The average Bonchev–Trinajstić information content (AvgIpc) is 3.28. The van der Waals surface area contributed by atoms with Crippen molar-refractivity contribution in [1.29, 1.82) is 0 Å². The molecule has 1 spiro atoms. The molecule has 8 heteroatoms. The Bertz CT molecular complexity index is 776. The molecule has 0 aliphatic carbocycles. The number of H-pyrrole nitrogens is 1. The maximum Gasteiger partial charge on any atom is 0.276 e. The van der Waals surface area contributed by atoms with Crippen LogP contribution in [-0.2, 0) is 14.8 Å². The van der Waals surface area contributed by atoms with Gasteiger partial charge in [-0.3, -0.25) is 5.10 Å². The lowest BCUT2D eigenvalue weighted by atomic mass is 9.80. The van der Waals surface area contributed by atoms with E-state index in [-0.39, 0.29) is 10.5 Å². The lowest BCUT2D eigenvalue weighted by Crippen LogP contribution is -2.46. The summed E-state index contributed by atoms with van der Waals surface area (Å²) in [6, 6.07) is 4.90. The van der Waals surface area contributed by atoms with Crippen molar-refractivity contribution < 1.29 is 17.6 Å². The summed E-state index contributed by atoms with van der Waals surface area (Å²) in [5.74, 6) is 0.469. The summed E-state index contributed by atoms with van der Waals surface area (Å²) < 4.78 is 38.4. The molecule has 4 rings (SSSR count). The highest BCUT2D eigenvalue weighted by molar-refractivity contribution is 7.89. The zero-order chi connectivity index (χ0) is 15.9. The first-order chi connectivity index (χ1) is 11.1. The van der Waals surface area contributed by atoms with E-state index in [4.69, 9.17) is 9.15 Å². The van der Waals surface area contributed by atoms with Gasteiger partial charge in [0.15, 0.2) is 5.76 Å². The van der Waals surface area contributed by atoms with E-state index in [1.54, 1.807) is 22.6 Å². The van der Waals surface area contributed by atoms with E-state index in [2.05, 4.69) is 10.2 Å². The third-order valence-electron chi connectivity index (χ3n) is 4.75. The number of nitrogens with one attached hydrogen (secondary N) is 1. The van der Waals surface area contributed by atoms with Gasteiger partial charge >= 0.3 is 0 Å². The SMILES string of the molecule is O=S(=O)(c1ccc(-c2ccn[nH]2)o1)N1CCCC2(CCOC2)C1. The van der Waals surface area contributed by atoms with Gasteiger partial charge in [-0.2, -0.15) is 9.40 Å². The van der Waals surface area contributed by atoms with Crippen LogP contribution in [0.1, 0.15) is 19.3 Å². The average molecular weight is 337 g/mol. The second kappa shape index (κ2) is 5.47. The molecule has 2 aromatic heterocycles. The summed E-state index contributed by atoms with van der Waals surface area (Å²) in [4.78, 5) is 0. The van der Waals surface area contributed by atoms with Crippen molar-refractivity contribution in [3.8, 4) is 11.5 Å². The molecule has 124 valence electrons. The molecule has 1 unspecified atom stereocenters. The molecular weight excluding hydrogens is 318 g/mol. The molecule has 0 saturated carbocycles. The second-order valence-electron chi connectivity index (χ2n) is 6.33. The molecule has 2 aliphatic heterocycles. The van der Waals surface area contributed by atoms with Crippen LogP contribution in [0.5, 0.6) is 0 Å². The van der Waals surface area contributed by atoms with Gasteiger partial charge in [0.2, 0.25) is 5.09 Å². The molecule has 1 N–H and O–H groups in total. The Morgan fingerprint density at radius 2 is 2.17 bits per heavy atom. The van der Waals surface area contributed by atoms with Gasteiger partial charge in [0, 0.05) is 31.3 Å². The maximum atomic E-state index is 12.9. The smallest absolute Gasteiger partial charge is 0.276 e. The van der Waals surface area contributed by atoms with Crippen LogP contribution in [0, 0.1) is 5.41 Å². The van der Waals surface area contributed by atoms with Crippen LogP contribution in [0.4, 0.5) is 0 Å². The van der Waals surface area contributed by atoms with Gasteiger partial charge in [-0.15, -0.1) is 0 Å². The third kappa shape index (κ3) is 2.60. The number of hydrogen-bond donors (Lipinski definition) is 1. The van der Waals surface area contributed by atoms with Crippen molar-refractivity contribution in [3.63, 3.8) is 0 Å². The highest BCUT2D eigenvalue weighted by Crippen LogP contribution is 2.39. The summed E-state index contributed by atoms with van der Waals surface area (Å²) >= 11 is 0. The van der Waals surface area contributed by atoms with Gasteiger partial charge in [0.05, 0.1) is 6.61 Å². The second-order valence-corrected chi connectivity index (χ2v) is 8.20. The van der Waals surface area contributed by atoms with Crippen molar-refractivity contribution in [2.75, 3.05) is 26.3 Å². The molecule has 0 aromatic carbocycles. The van der Waals surface area contributed by atoms with E-state index >= 15 is 0 Å². The van der Waals surface area contributed by atoms with E-state index in [0.717, 1.165) is 25.9 Å². The highest BCUT2D eigenvalue weighted by Gasteiger charge is 2.43.